The monoisotopic (exact) mass is 499 g/mol. The van der Waals surface area contributed by atoms with Crippen molar-refractivity contribution in [1.29, 1.82) is 0 Å². The molecule has 0 saturated carbocycles. The number of cyclic esters (lactones) is 1. The maximum Gasteiger partial charge on any atom is 0.307 e. The maximum atomic E-state index is 14.0. The van der Waals surface area contributed by atoms with E-state index in [-0.39, 0.29) is 36.9 Å². The van der Waals surface area contributed by atoms with Crippen LogP contribution in [0.25, 0.3) is 0 Å². The van der Waals surface area contributed by atoms with Gasteiger partial charge in [-0.15, -0.1) is 0 Å². The summed E-state index contributed by atoms with van der Waals surface area (Å²) in [7, 11) is 0. The first kappa shape index (κ1) is 24.7. The van der Waals surface area contributed by atoms with Gasteiger partial charge in [0.2, 0.25) is 6.79 Å². The van der Waals surface area contributed by atoms with E-state index >= 15 is 0 Å². The van der Waals surface area contributed by atoms with E-state index in [9.17, 15) is 18.4 Å². The zero-order valence-electron chi connectivity index (χ0n) is 20.4. The van der Waals surface area contributed by atoms with Gasteiger partial charge in [0.15, 0.2) is 11.5 Å². The van der Waals surface area contributed by atoms with Crippen molar-refractivity contribution in [3.63, 3.8) is 0 Å². The SMILES string of the molecule is CCC(F)(F)c1ccc([C@H]2OC(=O)C[C@@H]2C(=O)CC2CCN(Cc3ccc4c(c3)OCO4)CC2)cc1. The normalized spacial score (nSPS) is 22.6. The lowest BCUT2D eigenvalue weighted by Crippen LogP contribution is -2.34. The number of hydrogen-bond donors (Lipinski definition) is 0. The highest BCUT2D eigenvalue weighted by Gasteiger charge is 2.41. The van der Waals surface area contributed by atoms with Gasteiger partial charge >= 0.3 is 5.97 Å². The zero-order valence-corrected chi connectivity index (χ0v) is 20.4. The van der Waals surface area contributed by atoms with Gasteiger partial charge in [-0.2, -0.15) is 0 Å². The molecule has 0 radical (unpaired) electrons. The lowest BCUT2D eigenvalue weighted by Gasteiger charge is -2.32. The van der Waals surface area contributed by atoms with Crippen LogP contribution in [0.5, 0.6) is 11.5 Å². The Hall–Kier alpha value is -3.00. The van der Waals surface area contributed by atoms with Crippen LogP contribution in [0.1, 0.15) is 61.8 Å². The smallest absolute Gasteiger partial charge is 0.307 e. The molecule has 2 aromatic rings. The van der Waals surface area contributed by atoms with Crippen LogP contribution in [0.4, 0.5) is 8.78 Å². The van der Waals surface area contributed by atoms with Crippen LogP contribution in [-0.4, -0.2) is 36.5 Å². The Balaban J connectivity index is 1.15. The van der Waals surface area contributed by atoms with Crippen LogP contribution < -0.4 is 9.47 Å². The minimum Gasteiger partial charge on any atom is -0.457 e. The van der Waals surface area contributed by atoms with Gasteiger partial charge in [-0.25, -0.2) is 8.78 Å². The number of halogens is 2. The molecule has 2 aromatic carbocycles. The number of fused-ring (bicyclic) bond motifs is 1. The molecule has 6 nitrogen and oxygen atoms in total. The number of carbonyl (C=O) groups excluding carboxylic acids is 2. The van der Waals surface area contributed by atoms with E-state index in [0.717, 1.165) is 44.0 Å². The molecule has 3 aliphatic rings. The first-order chi connectivity index (χ1) is 17.3. The lowest BCUT2D eigenvalue weighted by atomic mass is 9.83. The molecule has 192 valence electrons. The maximum absolute atomic E-state index is 14.0. The molecule has 5 rings (SSSR count). The molecule has 8 heteroatoms. The molecule has 0 unspecified atom stereocenters. The molecule has 2 atom stereocenters. The summed E-state index contributed by atoms with van der Waals surface area (Å²) in [6.07, 6.45) is 1.26. The van der Waals surface area contributed by atoms with Crippen molar-refractivity contribution in [3.05, 3.63) is 59.2 Å². The fourth-order valence-electron chi connectivity index (χ4n) is 5.34. The highest BCUT2D eigenvalue weighted by molar-refractivity contribution is 5.88. The lowest BCUT2D eigenvalue weighted by molar-refractivity contribution is -0.141. The van der Waals surface area contributed by atoms with Crippen molar-refractivity contribution in [3.8, 4) is 11.5 Å². The molecular formula is C28H31F2NO5. The van der Waals surface area contributed by atoms with Gasteiger partial charge in [0.05, 0.1) is 12.3 Å². The van der Waals surface area contributed by atoms with Crippen LogP contribution in [0.15, 0.2) is 42.5 Å². The van der Waals surface area contributed by atoms with Crippen molar-refractivity contribution in [1.82, 2.24) is 4.90 Å². The average Bonchev–Trinajstić information content (AvgIpc) is 3.51. The molecular weight excluding hydrogens is 468 g/mol. The highest BCUT2D eigenvalue weighted by Crippen LogP contribution is 2.40. The summed E-state index contributed by atoms with van der Waals surface area (Å²) in [4.78, 5) is 27.7. The Morgan fingerprint density at radius 1 is 1.06 bits per heavy atom. The standard InChI is InChI=1S/C28H31F2NO5/c1-2-28(29,30)21-6-4-20(5-7-21)27-22(15-26(33)36-27)23(32)13-18-9-11-31(12-10-18)16-19-3-8-24-25(14-19)35-17-34-24/h3-8,14,18,22,27H,2,9-13,15-17H2,1H3/t22-,27-/m1/s1. The highest BCUT2D eigenvalue weighted by atomic mass is 19.3. The third-order valence-electron chi connectivity index (χ3n) is 7.57. The summed E-state index contributed by atoms with van der Waals surface area (Å²) in [6.45, 7) is 4.30. The number of ether oxygens (including phenoxy) is 3. The Bertz CT molecular complexity index is 1110. The fraction of sp³-hybridized carbons (Fsp3) is 0.500. The number of hydrogen-bond acceptors (Lipinski definition) is 6. The molecule has 3 aliphatic heterocycles. The van der Waals surface area contributed by atoms with Gasteiger partial charge in [0.1, 0.15) is 11.9 Å². The number of rotatable bonds is 8. The number of benzene rings is 2. The number of alkyl halides is 2. The first-order valence-electron chi connectivity index (χ1n) is 12.6. The minimum absolute atomic E-state index is 0.0167. The Kier molecular flexibility index (Phi) is 6.97. The van der Waals surface area contributed by atoms with Crippen LogP contribution in [0, 0.1) is 11.8 Å². The molecule has 0 amide bonds. The Morgan fingerprint density at radius 2 is 1.78 bits per heavy atom. The largest absolute Gasteiger partial charge is 0.457 e. The molecule has 2 saturated heterocycles. The van der Waals surface area contributed by atoms with Gasteiger partial charge in [-0.3, -0.25) is 14.5 Å². The zero-order chi connectivity index (χ0) is 25.3. The van der Waals surface area contributed by atoms with Crippen LogP contribution in [0.2, 0.25) is 0 Å². The van der Waals surface area contributed by atoms with Crippen LogP contribution in [-0.2, 0) is 26.8 Å². The molecule has 36 heavy (non-hydrogen) atoms. The number of esters is 1. The van der Waals surface area contributed by atoms with E-state index in [1.165, 1.54) is 24.6 Å². The van der Waals surface area contributed by atoms with Gasteiger partial charge in [-0.05, 0) is 55.1 Å². The summed E-state index contributed by atoms with van der Waals surface area (Å²) >= 11 is 0. The van der Waals surface area contributed by atoms with Crippen molar-refractivity contribution in [2.75, 3.05) is 19.9 Å². The molecule has 0 bridgehead atoms. The summed E-state index contributed by atoms with van der Waals surface area (Å²) in [5.41, 5.74) is 1.68. The van der Waals surface area contributed by atoms with Crippen molar-refractivity contribution in [2.24, 2.45) is 11.8 Å². The van der Waals surface area contributed by atoms with Crippen molar-refractivity contribution in [2.45, 2.75) is 57.6 Å². The van der Waals surface area contributed by atoms with Gasteiger partial charge in [0.25, 0.3) is 5.92 Å². The first-order valence-corrected chi connectivity index (χ1v) is 12.6. The minimum atomic E-state index is -2.91. The number of piperidine rings is 1. The second kappa shape index (κ2) is 10.2. The van der Waals surface area contributed by atoms with Gasteiger partial charge < -0.3 is 14.2 Å². The topological polar surface area (TPSA) is 65.1 Å². The van der Waals surface area contributed by atoms with E-state index in [0.29, 0.717) is 12.0 Å². The van der Waals surface area contributed by atoms with Crippen molar-refractivity contribution < 1.29 is 32.6 Å². The average molecular weight is 500 g/mol. The van der Waals surface area contributed by atoms with E-state index in [4.69, 9.17) is 14.2 Å². The Morgan fingerprint density at radius 3 is 2.50 bits per heavy atom. The molecule has 0 aromatic heterocycles. The fourth-order valence-corrected chi connectivity index (χ4v) is 5.34. The molecule has 0 N–H and O–H groups in total. The van der Waals surface area contributed by atoms with E-state index in [1.54, 1.807) is 12.1 Å². The summed E-state index contributed by atoms with van der Waals surface area (Å²) in [5.74, 6) is -2.06. The van der Waals surface area contributed by atoms with E-state index < -0.39 is 23.9 Å². The summed E-state index contributed by atoms with van der Waals surface area (Å²) in [5, 5.41) is 0. The van der Waals surface area contributed by atoms with Gasteiger partial charge in [0, 0.05) is 24.9 Å². The molecule has 0 aliphatic carbocycles. The number of carbonyl (C=O) groups is 2. The van der Waals surface area contributed by atoms with E-state index in [2.05, 4.69) is 11.0 Å². The second-order valence-corrected chi connectivity index (χ2v) is 9.98. The third kappa shape index (κ3) is 5.24. The number of ketones is 1. The second-order valence-electron chi connectivity index (χ2n) is 9.98. The van der Waals surface area contributed by atoms with E-state index in [1.807, 2.05) is 12.1 Å². The summed E-state index contributed by atoms with van der Waals surface area (Å²) < 4.78 is 44.2. The van der Waals surface area contributed by atoms with Gasteiger partial charge in [-0.1, -0.05) is 37.3 Å². The quantitative estimate of drug-likeness (QED) is 0.454. The summed E-state index contributed by atoms with van der Waals surface area (Å²) in [6, 6.07) is 11.8. The third-order valence-corrected chi connectivity index (χ3v) is 7.57. The molecule has 3 heterocycles. The molecule has 0 spiro atoms. The Labute approximate surface area is 209 Å². The molecule has 2 fully saturated rings. The number of nitrogens with zero attached hydrogens (tertiary/aromatic N) is 1. The van der Waals surface area contributed by atoms with Crippen molar-refractivity contribution >= 4 is 11.8 Å². The predicted molar refractivity (Wildman–Crippen MR) is 128 cm³/mol. The number of Topliss-reactive ketones (excluding diaryl/α,β-unsaturated/α-hetero) is 1. The predicted octanol–water partition coefficient (Wildman–Crippen LogP) is 5.39. The van der Waals surface area contributed by atoms with Crippen LogP contribution >= 0.6 is 0 Å². The number of likely N-dealkylation sites (tertiary alicyclic amines) is 1. The van der Waals surface area contributed by atoms with Crippen LogP contribution in [0.3, 0.4) is 0 Å².